The van der Waals surface area contributed by atoms with Crippen LogP contribution >= 0.6 is 0 Å². The number of aromatic nitrogens is 4. The van der Waals surface area contributed by atoms with E-state index in [1.807, 2.05) is 4.90 Å². The normalized spacial score (nSPS) is 19.5. The molecule has 6 rings (SSSR count). The lowest BCUT2D eigenvalue weighted by molar-refractivity contribution is -0.139. The van der Waals surface area contributed by atoms with Gasteiger partial charge < -0.3 is 15.2 Å². The van der Waals surface area contributed by atoms with Gasteiger partial charge in [-0.25, -0.2) is 14.4 Å². The van der Waals surface area contributed by atoms with Crippen molar-refractivity contribution in [1.29, 1.82) is 0 Å². The number of pyridine rings is 2. The fraction of sp³-hybridized carbons (Fsp3) is 0.357. The van der Waals surface area contributed by atoms with E-state index in [9.17, 15) is 22.4 Å². The molecule has 2 atom stereocenters. The van der Waals surface area contributed by atoms with Gasteiger partial charge in [-0.3, -0.25) is 14.7 Å². The molecule has 2 aliphatic rings. The van der Waals surface area contributed by atoms with Gasteiger partial charge in [-0.2, -0.15) is 13.2 Å². The Hall–Kier alpha value is -4.06. The Kier molecular flexibility index (Phi) is 6.44. The number of fused-ring (bicyclic) bond motifs is 3. The minimum atomic E-state index is -4.82. The number of hydrogen-bond donors (Lipinski definition) is 2. The lowest BCUT2D eigenvalue weighted by Gasteiger charge is -2.43. The van der Waals surface area contributed by atoms with Gasteiger partial charge in [0.05, 0.1) is 28.5 Å². The van der Waals surface area contributed by atoms with Crippen LogP contribution in [0.3, 0.4) is 0 Å². The molecule has 5 heterocycles. The molecule has 208 valence electrons. The first-order valence-electron chi connectivity index (χ1n) is 13.1. The van der Waals surface area contributed by atoms with Crippen LogP contribution in [0.4, 0.5) is 29.3 Å². The summed E-state index contributed by atoms with van der Waals surface area (Å²) < 4.78 is 53.2. The molecule has 0 radical (unpaired) electrons. The first-order chi connectivity index (χ1) is 19.1. The largest absolute Gasteiger partial charge is 0.419 e. The van der Waals surface area contributed by atoms with Crippen molar-refractivity contribution in [2.75, 3.05) is 18.4 Å². The molecular weight excluding hydrogens is 526 g/mol. The standard InChI is InChI=1S/C28H27F4N7O/c1-15(2)39-18-4-5-19(39)14-38(13-18)26(40)17-7-8-33-25(10-17)37-27-35-23-11-22(34-12-24(23)36-27)16-3-6-21(29)20(9-16)28(30,31)32/h3,6-12,15,18-19H,4-5,13-14H2,1-2H3,(H2,33,35,36,37)/t18-,19+. The minimum Gasteiger partial charge on any atom is -0.336 e. The first kappa shape index (κ1) is 26.2. The van der Waals surface area contributed by atoms with E-state index in [1.165, 1.54) is 18.3 Å². The smallest absolute Gasteiger partial charge is 0.336 e. The second-order valence-electron chi connectivity index (χ2n) is 10.6. The lowest BCUT2D eigenvalue weighted by atomic mass is 10.1. The van der Waals surface area contributed by atoms with Crippen LogP contribution in [0.1, 0.15) is 42.6 Å². The highest BCUT2D eigenvalue weighted by Crippen LogP contribution is 2.35. The van der Waals surface area contributed by atoms with Crippen molar-refractivity contribution in [3.63, 3.8) is 0 Å². The number of benzene rings is 1. The zero-order valence-corrected chi connectivity index (χ0v) is 21.8. The fourth-order valence-corrected chi connectivity index (χ4v) is 5.91. The van der Waals surface area contributed by atoms with Crippen LogP contribution in [0, 0.1) is 5.82 Å². The Morgan fingerprint density at radius 1 is 1.07 bits per heavy atom. The predicted octanol–water partition coefficient (Wildman–Crippen LogP) is 5.62. The molecule has 2 aliphatic heterocycles. The number of rotatable bonds is 5. The van der Waals surface area contributed by atoms with E-state index in [0.717, 1.165) is 25.0 Å². The first-order valence-corrected chi connectivity index (χ1v) is 13.1. The SMILES string of the molecule is CC(C)N1[C@@H]2CC[C@H]1CN(C(=O)c1ccnc(Nc3nc4cc(-c5ccc(F)c(C(F)(F)F)c5)ncc4[nH]3)c1)C2. The number of alkyl halides is 3. The molecule has 3 aromatic heterocycles. The fourth-order valence-electron chi connectivity index (χ4n) is 5.91. The summed E-state index contributed by atoms with van der Waals surface area (Å²) in [5, 5.41) is 3.06. The molecule has 0 spiro atoms. The number of aromatic amines is 1. The highest BCUT2D eigenvalue weighted by atomic mass is 19.4. The van der Waals surface area contributed by atoms with Crippen molar-refractivity contribution in [3.05, 3.63) is 65.7 Å². The van der Waals surface area contributed by atoms with Crippen LogP contribution in [-0.4, -0.2) is 66.9 Å². The van der Waals surface area contributed by atoms with Crippen LogP contribution < -0.4 is 5.32 Å². The van der Waals surface area contributed by atoms with Crippen molar-refractivity contribution in [2.45, 2.75) is 51.0 Å². The van der Waals surface area contributed by atoms with Gasteiger partial charge in [-0.1, -0.05) is 0 Å². The van der Waals surface area contributed by atoms with Crippen molar-refractivity contribution >= 4 is 28.7 Å². The lowest BCUT2D eigenvalue weighted by Crippen LogP contribution is -2.57. The molecule has 0 aliphatic carbocycles. The maximum atomic E-state index is 13.7. The Bertz CT molecular complexity index is 1570. The molecule has 2 bridgehead atoms. The molecule has 8 nitrogen and oxygen atoms in total. The number of carbonyl (C=O) groups excluding carboxylic acids is 1. The van der Waals surface area contributed by atoms with E-state index < -0.39 is 17.6 Å². The van der Waals surface area contributed by atoms with Crippen LogP contribution in [-0.2, 0) is 6.18 Å². The van der Waals surface area contributed by atoms with E-state index in [1.54, 1.807) is 18.3 Å². The van der Waals surface area contributed by atoms with E-state index >= 15 is 0 Å². The maximum Gasteiger partial charge on any atom is 0.419 e. The summed E-state index contributed by atoms with van der Waals surface area (Å²) in [6, 6.07) is 8.84. The van der Waals surface area contributed by atoms with Gasteiger partial charge >= 0.3 is 6.18 Å². The Morgan fingerprint density at radius 2 is 1.82 bits per heavy atom. The Morgan fingerprint density at radius 3 is 2.52 bits per heavy atom. The number of anilines is 2. The van der Waals surface area contributed by atoms with Gasteiger partial charge in [0.2, 0.25) is 5.95 Å². The van der Waals surface area contributed by atoms with Gasteiger partial charge in [0, 0.05) is 48.5 Å². The third-order valence-electron chi connectivity index (χ3n) is 7.61. The Balaban J connectivity index is 1.20. The summed E-state index contributed by atoms with van der Waals surface area (Å²) in [5.74, 6) is -0.649. The van der Waals surface area contributed by atoms with E-state index in [2.05, 4.69) is 44.0 Å². The summed E-state index contributed by atoms with van der Waals surface area (Å²) >= 11 is 0. The van der Waals surface area contributed by atoms with Gasteiger partial charge in [0.25, 0.3) is 5.91 Å². The summed E-state index contributed by atoms with van der Waals surface area (Å²) in [5.41, 5.74) is 0.473. The van der Waals surface area contributed by atoms with Crippen molar-refractivity contribution < 1.29 is 22.4 Å². The summed E-state index contributed by atoms with van der Waals surface area (Å²) in [6.07, 6.45) is 0.381. The van der Waals surface area contributed by atoms with Gasteiger partial charge in [0.1, 0.15) is 11.6 Å². The van der Waals surface area contributed by atoms with Crippen LogP contribution in [0.15, 0.2) is 48.8 Å². The molecule has 0 unspecified atom stereocenters. The molecule has 2 fully saturated rings. The average molecular weight is 554 g/mol. The van der Waals surface area contributed by atoms with E-state index in [-0.39, 0.29) is 17.2 Å². The van der Waals surface area contributed by atoms with E-state index in [4.69, 9.17) is 0 Å². The Labute approximate surface area is 227 Å². The summed E-state index contributed by atoms with van der Waals surface area (Å²) in [7, 11) is 0. The number of nitrogens with one attached hydrogen (secondary N) is 2. The quantitative estimate of drug-likeness (QED) is 0.312. The van der Waals surface area contributed by atoms with Crippen LogP contribution in [0.2, 0.25) is 0 Å². The molecular formula is C28H27F4N7O. The number of hydrogen-bond acceptors (Lipinski definition) is 6. The highest BCUT2D eigenvalue weighted by Gasteiger charge is 2.42. The minimum absolute atomic E-state index is 0.0401. The van der Waals surface area contributed by atoms with Crippen LogP contribution in [0.25, 0.3) is 22.3 Å². The molecule has 2 N–H and O–H groups in total. The second kappa shape index (κ2) is 9.84. The molecule has 1 amide bonds. The third-order valence-corrected chi connectivity index (χ3v) is 7.61. The van der Waals surface area contributed by atoms with Gasteiger partial charge in [0.15, 0.2) is 0 Å². The topological polar surface area (TPSA) is 90.0 Å². The van der Waals surface area contributed by atoms with Gasteiger partial charge in [-0.15, -0.1) is 0 Å². The maximum absolute atomic E-state index is 13.7. The second-order valence-corrected chi connectivity index (χ2v) is 10.6. The molecule has 1 aromatic carbocycles. The number of H-pyrrole nitrogens is 1. The predicted molar refractivity (Wildman–Crippen MR) is 141 cm³/mol. The summed E-state index contributed by atoms with van der Waals surface area (Å²) in [4.78, 5) is 33.8. The van der Waals surface area contributed by atoms with Gasteiger partial charge in [-0.05, 0) is 63.1 Å². The van der Waals surface area contributed by atoms with Crippen molar-refractivity contribution in [2.24, 2.45) is 0 Å². The number of halogens is 4. The average Bonchev–Trinajstić information content (AvgIpc) is 3.44. The number of likely N-dealkylation sites (tertiary alicyclic amines) is 1. The van der Waals surface area contributed by atoms with Crippen LogP contribution in [0.5, 0.6) is 0 Å². The monoisotopic (exact) mass is 553 g/mol. The number of amides is 1. The molecule has 2 saturated heterocycles. The number of imidazole rings is 1. The highest BCUT2D eigenvalue weighted by molar-refractivity contribution is 5.95. The van der Waals surface area contributed by atoms with E-state index in [0.29, 0.717) is 59.6 Å². The zero-order chi connectivity index (χ0) is 28.2. The van der Waals surface area contributed by atoms with Crippen molar-refractivity contribution in [3.8, 4) is 11.3 Å². The summed E-state index contributed by atoms with van der Waals surface area (Å²) in [6.45, 7) is 5.81. The molecule has 40 heavy (non-hydrogen) atoms. The number of carbonyl (C=O) groups is 1. The van der Waals surface area contributed by atoms with Crippen molar-refractivity contribution in [1.82, 2.24) is 29.7 Å². The third kappa shape index (κ3) is 4.87. The molecule has 0 saturated carbocycles. The zero-order valence-electron chi connectivity index (χ0n) is 21.8. The number of nitrogens with zero attached hydrogens (tertiary/aromatic N) is 5. The molecule has 12 heteroatoms. The number of piperazine rings is 1. The molecule has 4 aromatic rings.